The van der Waals surface area contributed by atoms with Crippen molar-refractivity contribution in [2.24, 2.45) is 15.9 Å². The molecule has 0 saturated heterocycles. The summed E-state index contributed by atoms with van der Waals surface area (Å²) in [5, 5.41) is 5.64. The van der Waals surface area contributed by atoms with Crippen molar-refractivity contribution in [1.29, 1.82) is 0 Å². The van der Waals surface area contributed by atoms with E-state index in [1.165, 1.54) is 30.9 Å². The van der Waals surface area contributed by atoms with E-state index in [4.69, 9.17) is 19.5 Å². The van der Waals surface area contributed by atoms with E-state index in [1.54, 1.807) is 0 Å². The number of ether oxygens (including phenoxy) is 2. The van der Waals surface area contributed by atoms with Gasteiger partial charge in [-0.05, 0) is 110 Å². The molecular formula is C36H44N4O4. The number of rotatable bonds is 8. The lowest BCUT2D eigenvalue weighted by molar-refractivity contribution is -0.141. The molecule has 0 aliphatic carbocycles. The van der Waals surface area contributed by atoms with Crippen molar-refractivity contribution in [3.05, 3.63) is 78.9 Å². The van der Waals surface area contributed by atoms with Crippen LogP contribution in [0.15, 0.2) is 67.1 Å². The van der Waals surface area contributed by atoms with E-state index in [9.17, 15) is 9.59 Å². The Morgan fingerprint density at radius 3 is 2.09 bits per heavy atom. The zero-order valence-electron chi connectivity index (χ0n) is 27.2. The Labute approximate surface area is 259 Å². The zero-order chi connectivity index (χ0) is 31.7. The summed E-state index contributed by atoms with van der Waals surface area (Å²) in [4.78, 5) is 38.3. The van der Waals surface area contributed by atoms with E-state index in [2.05, 4.69) is 76.1 Å². The van der Waals surface area contributed by atoms with Crippen molar-refractivity contribution in [3.8, 4) is 0 Å². The Balaban J connectivity index is 1.77. The third-order valence-corrected chi connectivity index (χ3v) is 9.51. The molecule has 4 aliphatic rings. The molecule has 2 N–H and O–H groups in total. The van der Waals surface area contributed by atoms with Gasteiger partial charge in [0.1, 0.15) is 0 Å². The van der Waals surface area contributed by atoms with Crippen LogP contribution in [0.4, 0.5) is 0 Å². The van der Waals surface area contributed by atoms with Crippen LogP contribution in [0.25, 0.3) is 12.2 Å². The van der Waals surface area contributed by atoms with E-state index in [1.807, 2.05) is 0 Å². The number of aromatic amines is 1. The molecule has 2 atom stereocenters. The van der Waals surface area contributed by atoms with Gasteiger partial charge in [0.05, 0.1) is 43.1 Å². The van der Waals surface area contributed by atoms with Crippen LogP contribution in [-0.4, -0.2) is 48.6 Å². The second-order valence-corrected chi connectivity index (χ2v) is 11.9. The van der Waals surface area contributed by atoms with Crippen molar-refractivity contribution < 1.29 is 19.1 Å². The molecule has 0 radical (unpaired) electrons. The monoisotopic (exact) mass is 596 g/mol. The van der Waals surface area contributed by atoms with Gasteiger partial charge in [0, 0.05) is 35.2 Å². The largest absolute Gasteiger partial charge is 0.469 e. The van der Waals surface area contributed by atoms with Gasteiger partial charge in [-0.25, -0.2) is 9.98 Å². The van der Waals surface area contributed by atoms with Crippen molar-refractivity contribution in [3.63, 3.8) is 0 Å². The SMILES string of the molecule is CCC1=C(C)C2=CC3=C(CC)C(C)C(C=C4N=C(C=c5[nH]c(c(C)c5CCC(=O)OC)=CC1=N2)C(CCC(=O)OC)=C4C)N3. The molecule has 5 rings (SSSR count). The Morgan fingerprint density at radius 2 is 1.43 bits per heavy atom. The lowest BCUT2D eigenvalue weighted by Crippen LogP contribution is -2.25. The number of esters is 2. The maximum Gasteiger partial charge on any atom is 0.305 e. The minimum Gasteiger partial charge on any atom is -0.469 e. The number of nitrogens with zero attached hydrogens (tertiary/aromatic N) is 2. The average Bonchev–Trinajstić information content (AvgIpc) is 3.67. The highest BCUT2D eigenvalue weighted by atomic mass is 16.5. The molecule has 44 heavy (non-hydrogen) atoms. The van der Waals surface area contributed by atoms with Gasteiger partial charge >= 0.3 is 11.9 Å². The fourth-order valence-electron chi connectivity index (χ4n) is 6.76. The van der Waals surface area contributed by atoms with Gasteiger partial charge in [-0.15, -0.1) is 0 Å². The van der Waals surface area contributed by atoms with Crippen LogP contribution in [0.1, 0.15) is 77.8 Å². The molecule has 8 heteroatoms. The molecule has 2 unspecified atom stereocenters. The number of H-pyrrole nitrogens is 1. The summed E-state index contributed by atoms with van der Waals surface area (Å²) >= 11 is 0. The van der Waals surface area contributed by atoms with E-state index >= 15 is 0 Å². The Bertz CT molecular complexity index is 1760. The third kappa shape index (κ3) is 5.82. The maximum atomic E-state index is 12.2. The van der Waals surface area contributed by atoms with Gasteiger partial charge in [-0.3, -0.25) is 9.59 Å². The molecule has 5 heterocycles. The molecule has 232 valence electrons. The van der Waals surface area contributed by atoms with Crippen molar-refractivity contribution >= 4 is 35.5 Å². The predicted molar refractivity (Wildman–Crippen MR) is 175 cm³/mol. The van der Waals surface area contributed by atoms with Crippen LogP contribution in [0, 0.1) is 12.8 Å². The van der Waals surface area contributed by atoms with E-state index < -0.39 is 0 Å². The van der Waals surface area contributed by atoms with Crippen molar-refractivity contribution in [1.82, 2.24) is 10.3 Å². The minimum atomic E-state index is -0.252. The number of allylic oxidation sites excluding steroid dienone is 5. The van der Waals surface area contributed by atoms with E-state index in [0.29, 0.717) is 12.8 Å². The summed E-state index contributed by atoms with van der Waals surface area (Å²) in [5.41, 5.74) is 12.8. The van der Waals surface area contributed by atoms with Crippen LogP contribution >= 0.6 is 0 Å². The number of aliphatic imine (C=N–C) groups is 2. The van der Waals surface area contributed by atoms with Gasteiger partial charge in [-0.2, -0.15) is 0 Å². The smallest absolute Gasteiger partial charge is 0.305 e. The molecular weight excluding hydrogens is 552 g/mol. The number of methoxy groups -OCH3 is 2. The lowest BCUT2D eigenvalue weighted by atomic mass is 9.92. The van der Waals surface area contributed by atoms with Crippen molar-refractivity contribution in [2.75, 3.05) is 14.2 Å². The molecule has 1 aromatic rings. The first-order chi connectivity index (χ1) is 21.1. The van der Waals surface area contributed by atoms with Crippen molar-refractivity contribution in [2.45, 2.75) is 86.1 Å². The average molecular weight is 597 g/mol. The lowest BCUT2D eigenvalue weighted by Gasteiger charge is -2.15. The summed E-state index contributed by atoms with van der Waals surface area (Å²) in [7, 11) is 2.83. The first-order valence-corrected chi connectivity index (χ1v) is 15.7. The molecule has 8 nitrogen and oxygen atoms in total. The Kier molecular flexibility index (Phi) is 9.09. The van der Waals surface area contributed by atoms with Crippen LogP contribution in [0.5, 0.6) is 0 Å². The molecule has 0 amide bonds. The number of carbonyl (C=O) groups excluding carboxylic acids is 2. The Hall–Kier alpha value is -4.20. The second-order valence-electron chi connectivity index (χ2n) is 11.9. The fraction of sp³-hybridized carbons (Fsp3) is 0.444. The number of fused-ring (bicyclic) bond motifs is 6. The number of hydrogen-bond donors (Lipinski definition) is 2. The second kappa shape index (κ2) is 12.8. The van der Waals surface area contributed by atoms with Gasteiger partial charge in [0.15, 0.2) is 0 Å². The molecule has 8 bridgehead atoms. The number of aromatic nitrogens is 1. The van der Waals surface area contributed by atoms with E-state index in [0.717, 1.165) is 74.3 Å². The summed E-state index contributed by atoms with van der Waals surface area (Å²) in [6.45, 7) is 13.0. The van der Waals surface area contributed by atoms with Gasteiger partial charge in [-0.1, -0.05) is 20.8 Å². The van der Waals surface area contributed by atoms with Gasteiger partial charge in [0.25, 0.3) is 0 Å². The number of nitrogens with one attached hydrogen (secondary N) is 2. The zero-order valence-corrected chi connectivity index (χ0v) is 27.2. The first-order valence-electron chi connectivity index (χ1n) is 15.7. The van der Waals surface area contributed by atoms with Crippen LogP contribution in [0.2, 0.25) is 0 Å². The quantitative estimate of drug-likeness (QED) is 0.414. The van der Waals surface area contributed by atoms with Crippen LogP contribution < -0.4 is 16.0 Å². The number of hydrogen-bond acceptors (Lipinski definition) is 7. The third-order valence-electron chi connectivity index (χ3n) is 9.51. The molecule has 0 aromatic carbocycles. The van der Waals surface area contributed by atoms with Gasteiger partial charge in [0.2, 0.25) is 0 Å². The molecule has 0 spiro atoms. The summed E-state index contributed by atoms with van der Waals surface area (Å²) in [6, 6.07) is 0.0703. The summed E-state index contributed by atoms with van der Waals surface area (Å²) in [5.74, 6) is -0.218. The van der Waals surface area contributed by atoms with Gasteiger partial charge < -0.3 is 19.8 Å². The standard InChI is InChI=1S/C36H44N4O4/c1-9-23-19(3)27-15-28-21(5)25(11-13-35(41)43-7)33(39-28)18-34-26(12-14-36(42)44-8)22(6)30(40-34)17-32-24(10-2)20(4)29(38-32)16-31(23)37-27/h15-19,27,37,40H,9-14H2,1-8H3. The topological polar surface area (TPSA) is 105 Å². The first kappa shape index (κ1) is 31.2. The highest BCUT2D eigenvalue weighted by molar-refractivity contribution is 6.24. The minimum absolute atomic E-state index is 0.0703. The maximum absolute atomic E-state index is 12.2. The Morgan fingerprint density at radius 1 is 0.818 bits per heavy atom. The fourth-order valence-corrected chi connectivity index (χ4v) is 6.76. The summed E-state index contributed by atoms with van der Waals surface area (Å²) < 4.78 is 9.93. The summed E-state index contributed by atoms with van der Waals surface area (Å²) in [6.07, 6.45) is 12.0. The molecule has 1 aromatic heterocycles. The van der Waals surface area contributed by atoms with E-state index in [-0.39, 0.29) is 36.7 Å². The predicted octanol–water partition coefficient (Wildman–Crippen LogP) is 4.95. The number of carbonyl (C=O) groups is 2. The van der Waals surface area contributed by atoms with Crippen LogP contribution in [0.3, 0.4) is 0 Å². The highest BCUT2D eigenvalue weighted by Crippen LogP contribution is 2.36. The highest BCUT2D eigenvalue weighted by Gasteiger charge is 2.31. The molecule has 0 saturated carbocycles. The molecule has 0 fully saturated rings. The molecule has 4 aliphatic heterocycles. The normalized spacial score (nSPS) is 20.9. The van der Waals surface area contributed by atoms with Crippen LogP contribution in [-0.2, 0) is 25.5 Å².